The van der Waals surface area contributed by atoms with Crippen molar-refractivity contribution in [1.29, 1.82) is 0 Å². The molecule has 0 saturated heterocycles. The molecule has 1 aromatic rings. The lowest BCUT2D eigenvalue weighted by molar-refractivity contribution is -0.138. The molecule has 1 N–H and O–H groups in total. The molecule has 0 aliphatic carbocycles. The summed E-state index contributed by atoms with van der Waals surface area (Å²) in [6, 6.07) is 9.03. The van der Waals surface area contributed by atoms with Crippen LogP contribution in [0.15, 0.2) is 30.3 Å². The Labute approximate surface area is 76.0 Å². The Morgan fingerprint density at radius 2 is 2.00 bits per heavy atom. The van der Waals surface area contributed by atoms with Crippen LogP contribution in [0.5, 0.6) is 0 Å². The molecule has 0 radical (unpaired) electrons. The predicted octanol–water partition coefficient (Wildman–Crippen LogP) is 2.04. The maximum absolute atomic E-state index is 13.0. The summed E-state index contributed by atoms with van der Waals surface area (Å²) in [6.45, 7) is 0. The fourth-order valence-electron chi connectivity index (χ4n) is 1.13. The number of carboxylic acids is 1. The highest BCUT2D eigenvalue weighted by Crippen LogP contribution is 2.08. The van der Waals surface area contributed by atoms with Crippen molar-refractivity contribution >= 4 is 5.97 Å². The Morgan fingerprint density at radius 1 is 1.38 bits per heavy atom. The highest BCUT2D eigenvalue weighted by Gasteiger charge is 2.11. The molecule has 0 aliphatic rings. The monoisotopic (exact) mass is 182 g/mol. The van der Waals surface area contributed by atoms with Crippen molar-refractivity contribution < 1.29 is 14.3 Å². The van der Waals surface area contributed by atoms with Gasteiger partial charge in [-0.3, -0.25) is 4.79 Å². The summed E-state index contributed by atoms with van der Waals surface area (Å²) in [5.74, 6) is -1.09. The number of benzene rings is 1. The Morgan fingerprint density at radius 3 is 2.54 bits per heavy atom. The summed E-state index contributed by atoms with van der Waals surface area (Å²) >= 11 is 0. The zero-order chi connectivity index (χ0) is 9.68. The molecule has 0 aromatic heterocycles. The average molecular weight is 182 g/mol. The molecule has 0 aliphatic heterocycles. The van der Waals surface area contributed by atoms with Crippen LogP contribution in [0.4, 0.5) is 4.39 Å². The van der Waals surface area contributed by atoms with E-state index in [1.165, 1.54) is 0 Å². The number of aliphatic carboxylic acids is 1. The van der Waals surface area contributed by atoms with E-state index in [0.717, 1.165) is 5.56 Å². The van der Waals surface area contributed by atoms with Crippen molar-refractivity contribution in [3.05, 3.63) is 35.9 Å². The first kappa shape index (κ1) is 9.71. The third kappa shape index (κ3) is 3.69. The van der Waals surface area contributed by atoms with Crippen LogP contribution in [0.25, 0.3) is 0 Å². The third-order valence-electron chi connectivity index (χ3n) is 1.70. The van der Waals surface area contributed by atoms with Crippen LogP contribution in [0.2, 0.25) is 0 Å². The molecular weight excluding hydrogens is 171 g/mol. The molecular formula is C10H11FO2. The lowest BCUT2D eigenvalue weighted by Crippen LogP contribution is -2.10. The van der Waals surface area contributed by atoms with Crippen LogP contribution in [-0.2, 0) is 11.2 Å². The quantitative estimate of drug-likeness (QED) is 0.773. The first-order chi connectivity index (χ1) is 6.18. The van der Waals surface area contributed by atoms with E-state index >= 15 is 0 Å². The maximum Gasteiger partial charge on any atom is 0.306 e. The zero-order valence-corrected chi connectivity index (χ0v) is 7.11. The molecule has 0 fully saturated rings. The van der Waals surface area contributed by atoms with Crippen LogP contribution < -0.4 is 0 Å². The van der Waals surface area contributed by atoms with Gasteiger partial charge in [0.15, 0.2) is 0 Å². The molecule has 70 valence electrons. The van der Waals surface area contributed by atoms with Gasteiger partial charge in [0.25, 0.3) is 0 Å². The lowest BCUT2D eigenvalue weighted by atomic mass is 10.1. The van der Waals surface area contributed by atoms with Gasteiger partial charge in [-0.15, -0.1) is 0 Å². The predicted molar refractivity (Wildman–Crippen MR) is 47.3 cm³/mol. The van der Waals surface area contributed by atoms with Crippen LogP contribution in [0, 0.1) is 0 Å². The minimum atomic E-state index is -1.29. The molecule has 0 bridgehead atoms. The van der Waals surface area contributed by atoms with Crippen molar-refractivity contribution in [2.24, 2.45) is 0 Å². The molecule has 1 aromatic carbocycles. The van der Waals surface area contributed by atoms with Gasteiger partial charge in [0.1, 0.15) is 6.17 Å². The number of rotatable bonds is 4. The van der Waals surface area contributed by atoms with Crippen LogP contribution in [-0.4, -0.2) is 17.2 Å². The SMILES string of the molecule is O=C(O)CC(F)Cc1ccccc1. The van der Waals surface area contributed by atoms with Gasteiger partial charge in [0.2, 0.25) is 0 Å². The molecule has 1 atom stereocenters. The van der Waals surface area contributed by atoms with Crippen LogP contribution in [0.1, 0.15) is 12.0 Å². The summed E-state index contributed by atoms with van der Waals surface area (Å²) in [6.07, 6.45) is -1.54. The maximum atomic E-state index is 13.0. The number of hydrogen-bond donors (Lipinski definition) is 1. The average Bonchev–Trinajstić information content (AvgIpc) is 2.04. The zero-order valence-electron chi connectivity index (χ0n) is 7.11. The van der Waals surface area contributed by atoms with E-state index in [9.17, 15) is 9.18 Å². The van der Waals surface area contributed by atoms with Gasteiger partial charge < -0.3 is 5.11 Å². The van der Waals surface area contributed by atoms with Gasteiger partial charge in [-0.25, -0.2) is 4.39 Å². The standard InChI is InChI=1S/C10H11FO2/c11-9(7-10(12)13)6-8-4-2-1-3-5-8/h1-5,9H,6-7H2,(H,12,13). The van der Waals surface area contributed by atoms with Crippen LogP contribution >= 0.6 is 0 Å². The van der Waals surface area contributed by atoms with Gasteiger partial charge in [0, 0.05) is 6.42 Å². The summed E-state index contributed by atoms with van der Waals surface area (Å²) in [4.78, 5) is 10.2. The van der Waals surface area contributed by atoms with E-state index in [1.807, 2.05) is 18.2 Å². The number of halogens is 1. The highest BCUT2D eigenvalue weighted by molar-refractivity contribution is 5.67. The van der Waals surface area contributed by atoms with Gasteiger partial charge in [0.05, 0.1) is 6.42 Å². The Balaban J connectivity index is 2.45. The minimum Gasteiger partial charge on any atom is -0.481 e. The first-order valence-corrected chi connectivity index (χ1v) is 4.08. The normalized spacial score (nSPS) is 12.4. The smallest absolute Gasteiger partial charge is 0.306 e. The number of alkyl halides is 1. The van der Waals surface area contributed by atoms with E-state index in [4.69, 9.17) is 5.11 Å². The van der Waals surface area contributed by atoms with Gasteiger partial charge in [-0.05, 0) is 5.56 Å². The lowest BCUT2D eigenvalue weighted by Gasteiger charge is -2.04. The molecule has 1 rings (SSSR count). The largest absolute Gasteiger partial charge is 0.481 e. The van der Waals surface area contributed by atoms with E-state index in [-0.39, 0.29) is 6.42 Å². The second-order valence-corrected chi connectivity index (χ2v) is 2.88. The van der Waals surface area contributed by atoms with E-state index in [2.05, 4.69) is 0 Å². The van der Waals surface area contributed by atoms with Crippen molar-refractivity contribution in [2.75, 3.05) is 0 Å². The number of carboxylic acid groups (broad SMARTS) is 1. The highest BCUT2D eigenvalue weighted by atomic mass is 19.1. The second-order valence-electron chi connectivity index (χ2n) is 2.88. The molecule has 0 heterocycles. The molecule has 0 saturated carbocycles. The Kier molecular flexibility index (Phi) is 3.43. The summed E-state index contributed by atoms with van der Waals surface area (Å²) in [7, 11) is 0. The Hall–Kier alpha value is -1.38. The molecule has 0 amide bonds. The molecule has 1 unspecified atom stereocenters. The third-order valence-corrected chi connectivity index (χ3v) is 1.70. The summed E-state index contributed by atoms with van der Waals surface area (Å²) in [5.41, 5.74) is 0.830. The number of carbonyl (C=O) groups is 1. The van der Waals surface area contributed by atoms with Gasteiger partial charge >= 0.3 is 5.97 Å². The fourth-order valence-corrected chi connectivity index (χ4v) is 1.13. The van der Waals surface area contributed by atoms with E-state index < -0.39 is 18.6 Å². The number of hydrogen-bond acceptors (Lipinski definition) is 1. The second kappa shape index (κ2) is 4.60. The summed E-state index contributed by atoms with van der Waals surface area (Å²) < 4.78 is 13.0. The van der Waals surface area contributed by atoms with E-state index in [1.54, 1.807) is 12.1 Å². The van der Waals surface area contributed by atoms with Gasteiger partial charge in [-0.2, -0.15) is 0 Å². The van der Waals surface area contributed by atoms with E-state index in [0.29, 0.717) is 0 Å². The van der Waals surface area contributed by atoms with Crippen molar-refractivity contribution in [1.82, 2.24) is 0 Å². The van der Waals surface area contributed by atoms with Crippen molar-refractivity contribution in [2.45, 2.75) is 19.0 Å². The minimum absolute atomic E-state index is 0.174. The summed E-state index contributed by atoms with van der Waals surface area (Å²) in [5, 5.41) is 8.32. The van der Waals surface area contributed by atoms with Crippen molar-refractivity contribution in [3.8, 4) is 0 Å². The van der Waals surface area contributed by atoms with Crippen molar-refractivity contribution in [3.63, 3.8) is 0 Å². The molecule has 3 heteroatoms. The molecule has 2 nitrogen and oxygen atoms in total. The van der Waals surface area contributed by atoms with Crippen LogP contribution in [0.3, 0.4) is 0 Å². The Bertz CT molecular complexity index is 272. The molecule has 13 heavy (non-hydrogen) atoms. The topological polar surface area (TPSA) is 37.3 Å². The fraction of sp³-hybridized carbons (Fsp3) is 0.300. The van der Waals surface area contributed by atoms with Gasteiger partial charge in [-0.1, -0.05) is 30.3 Å². The molecule has 0 spiro atoms. The first-order valence-electron chi connectivity index (χ1n) is 4.08.